The van der Waals surface area contributed by atoms with Crippen LogP contribution in [-0.4, -0.2) is 11.0 Å². The van der Waals surface area contributed by atoms with Gasteiger partial charge in [0.15, 0.2) is 0 Å². The van der Waals surface area contributed by atoms with E-state index in [0.29, 0.717) is 19.3 Å². The normalized spacial score (nSPS) is 14.3. The molecule has 0 aliphatic heterocycles. The Hall–Kier alpha value is -1.23. The molecule has 3 rings (SSSR count). The molecule has 0 radical (unpaired) electrons. The topological polar surface area (TPSA) is 34.1 Å². The predicted octanol–water partition coefficient (Wildman–Crippen LogP) is 3.81. The highest BCUT2D eigenvalue weighted by Crippen LogP contribution is 2.19. The molecule has 4 heteroatoms. The molecule has 3 nitrogen and oxygen atoms in total. The summed E-state index contributed by atoms with van der Waals surface area (Å²) in [5, 5.41) is 3.48. The number of pyridine rings is 1. The van der Waals surface area contributed by atoms with Gasteiger partial charge in [0.1, 0.15) is 0 Å². The lowest BCUT2D eigenvalue weighted by Gasteiger charge is -2.07. The van der Waals surface area contributed by atoms with Gasteiger partial charge in [-0.25, -0.2) is 0 Å². The van der Waals surface area contributed by atoms with E-state index < -0.39 is 0 Å². The second kappa shape index (κ2) is 7.16. The Balaban J connectivity index is 1.47. The maximum Gasteiger partial charge on any atom is 0.0892 e. The van der Waals surface area contributed by atoms with Gasteiger partial charge in [-0.05, 0) is 42.7 Å². The van der Waals surface area contributed by atoms with Gasteiger partial charge >= 0.3 is 0 Å². The lowest BCUT2D eigenvalue weighted by Crippen LogP contribution is -2.16. The van der Waals surface area contributed by atoms with Gasteiger partial charge in [0.2, 0.25) is 0 Å². The lowest BCUT2D eigenvalue weighted by molar-refractivity contribution is 0.104. The summed E-state index contributed by atoms with van der Waals surface area (Å²) in [6.45, 7) is 2.01. The van der Waals surface area contributed by atoms with Crippen LogP contribution in [0.25, 0.3) is 0 Å². The van der Waals surface area contributed by atoms with Gasteiger partial charge in [-0.2, -0.15) is 0 Å². The zero-order chi connectivity index (χ0) is 14.5. The summed E-state index contributed by atoms with van der Waals surface area (Å²) in [5.74, 6) is 0. The number of hydrogen-bond acceptors (Lipinski definition) is 3. The molecule has 1 aliphatic rings. The van der Waals surface area contributed by atoms with Crippen LogP contribution >= 0.6 is 15.9 Å². The molecule has 0 amide bonds. The molecule has 0 bridgehead atoms. The van der Waals surface area contributed by atoms with Crippen molar-refractivity contribution in [3.05, 3.63) is 63.9 Å². The maximum absolute atomic E-state index is 5.74. The standard InChI is InChI=1S/C17H19BrN2O/c18-14-6-4-13(5-7-14)11-21-12-17-3-1-2-16(20-17)10-19-15-8-9-15/h1-7,15,19H,8-12H2. The lowest BCUT2D eigenvalue weighted by atomic mass is 10.2. The minimum absolute atomic E-state index is 0.549. The first-order valence-corrected chi connectivity index (χ1v) is 8.09. The Morgan fingerprint density at radius 2 is 1.81 bits per heavy atom. The van der Waals surface area contributed by atoms with Crippen LogP contribution in [0.1, 0.15) is 29.8 Å². The fourth-order valence-corrected chi connectivity index (χ4v) is 2.36. The van der Waals surface area contributed by atoms with E-state index >= 15 is 0 Å². The van der Waals surface area contributed by atoms with E-state index in [1.807, 2.05) is 18.2 Å². The highest BCUT2D eigenvalue weighted by molar-refractivity contribution is 9.10. The molecule has 0 saturated heterocycles. The second-order valence-corrected chi connectivity index (χ2v) is 6.31. The Morgan fingerprint density at radius 1 is 1.05 bits per heavy atom. The van der Waals surface area contributed by atoms with Gasteiger partial charge < -0.3 is 10.1 Å². The molecule has 1 aromatic carbocycles. The third-order valence-corrected chi connectivity index (χ3v) is 3.97. The van der Waals surface area contributed by atoms with Crippen LogP contribution in [0, 0.1) is 0 Å². The van der Waals surface area contributed by atoms with E-state index in [1.165, 1.54) is 18.4 Å². The van der Waals surface area contributed by atoms with E-state index in [2.05, 4.69) is 50.5 Å². The third-order valence-electron chi connectivity index (χ3n) is 3.45. The third kappa shape index (κ3) is 4.92. The molecule has 2 aromatic rings. The van der Waals surface area contributed by atoms with Crippen LogP contribution in [0.15, 0.2) is 46.9 Å². The SMILES string of the molecule is Brc1ccc(COCc2cccc(CNC3CC3)n2)cc1. The molecule has 1 N–H and O–H groups in total. The largest absolute Gasteiger partial charge is 0.370 e. The van der Waals surface area contributed by atoms with Crippen molar-refractivity contribution in [3.63, 3.8) is 0 Å². The molecule has 1 aliphatic carbocycles. The zero-order valence-corrected chi connectivity index (χ0v) is 13.5. The molecule has 110 valence electrons. The van der Waals surface area contributed by atoms with Gasteiger partial charge in [-0.3, -0.25) is 4.98 Å². The molecule has 0 unspecified atom stereocenters. The molecule has 1 fully saturated rings. The summed E-state index contributed by atoms with van der Waals surface area (Å²) < 4.78 is 6.83. The average molecular weight is 347 g/mol. The Morgan fingerprint density at radius 3 is 2.57 bits per heavy atom. The first-order valence-electron chi connectivity index (χ1n) is 7.30. The maximum atomic E-state index is 5.74. The summed E-state index contributed by atoms with van der Waals surface area (Å²) >= 11 is 3.43. The first-order chi connectivity index (χ1) is 10.3. The quantitative estimate of drug-likeness (QED) is 0.827. The van der Waals surface area contributed by atoms with Crippen LogP contribution in [0.5, 0.6) is 0 Å². The Kier molecular flexibility index (Phi) is 5.01. The number of nitrogens with zero attached hydrogens (tertiary/aromatic N) is 1. The molecule has 1 saturated carbocycles. The van der Waals surface area contributed by atoms with Gasteiger partial charge in [0.05, 0.1) is 24.6 Å². The van der Waals surface area contributed by atoms with E-state index in [0.717, 1.165) is 22.4 Å². The first kappa shape index (κ1) is 14.7. The summed E-state index contributed by atoms with van der Waals surface area (Å²) in [4.78, 5) is 4.62. The number of hydrogen-bond donors (Lipinski definition) is 1. The average Bonchev–Trinajstić information content (AvgIpc) is 3.32. The predicted molar refractivity (Wildman–Crippen MR) is 86.7 cm³/mol. The van der Waals surface area contributed by atoms with Crippen LogP contribution in [0.3, 0.4) is 0 Å². The zero-order valence-electron chi connectivity index (χ0n) is 11.9. The van der Waals surface area contributed by atoms with Crippen molar-refractivity contribution in [2.24, 2.45) is 0 Å². The van der Waals surface area contributed by atoms with Crippen LogP contribution in [0.2, 0.25) is 0 Å². The number of nitrogens with one attached hydrogen (secondary N) is 1. The van der Waals surface area contributed by atoms with E-state index in [9.17, 15) is 0 Å². The number of halogens is 1. The Bertz CT molecular complexity index is 582. The van der Waals surface area contributed by atoms with Gasteiger partial charge in [0, 0.05) is 17.1 Å². The highest BCUT2D eigenvalue weighted by Gasteiger charge is 2.20. The van der Waals surface area contributed by atoms with E-state index in [4.69, 9.17) is 4.74 Å². The second-order valence-electron chi connectivity index (χ2n) is 5.39. The molecular weight excluding hydrogens is 328 g/mol. The number of rotatable bonds is 7. The van der Waals surface area contributed by atoms with Crippen molar-refractivity contribution in [3.8, 4) is 0 Å². The van der Waals surface area contributed by atoms with Crippen molar-refractivity contribution in [2.45, 2.75) is 38.6 Å². The van der Waals surface area contributed by atoms with E-state index in [-0.39, 0.29) is 0 Å². The van der Waals surface area contributed by atoms with Gasteiger partial charge in [0.25, 0.3) is 0 Å². The minimum atomic E-state index is 0.549. The monoisotopic (exact) mass is 346 g/mol. The molecule has 0 spiro atoms. The summed E-state index contributed by atoms with van der Waals surface area (Å²) in [6.07, 6.45) is 2.60. The highest BCUT2D eigenvalue weighted by atomic mass is 79.9. The Labute approximate surface area is 133 Å². The van der Waals surface area contributed by atoms with Crippen molar-refractivity contribution in [2.75, 3.05) is 0 Å². The van der Waals surface area contributed by atoms with Crippen LogP contribution in [0.4, 0.5) is 0 Å². The van der Waals surface area contributed by atoms with Crippen molar-refractivity contribution in [1.29, 1.82) is 0 Å². The molecule has 1 aromatic heterocycles. The molecule has 1 heterocycles. The van der Waals surface area contributed by atoms with E-state index in [1.54, 1.807) is 0 Å². The minimum Gasteiger partial charge on any atom is -0.370 e. The van der Waals surface area contributed by atoms with Gasteiger partial charge in [-0.15, -0.1) is 0 Å². The molecular formula is C17H19BrN2O. The number of benzene rings is 1. The molecule has 0 atom stereocenters. The van der Waals surface area contributed by atoms with Crippen molar-refractivity contribution in [1.82, 2.24) is 10.3 Å². The smallest absolute Gasteiger partial charge is 0.0892 e. The molecule has 21 heavy (non-hydrogen) atoms. The van der Waals surface area contributed by atoms with Crippen molar-refractivity contribution < 1.29 is 4.74 Å². The summed E-state index contributed by atoms with van der Waals surface area (Å²) in [6, 6.07) is 15.0. The number of ether oxygens (including phenoxy) is 1. The fourth-order valence-electron chi connectivity index (χ4n) is 2.10. The van der Waals surface area contributed by atoms with Crippen LogP contribution in [-0.2, 0) is 24.5 Å². The van der Waals surface area contributed by atoms with Gasteiger partial charge in [-0.1, -0.05) is 34.1 Å². The summed E-state index contributed by atoms with van der Waals surface area (Å²) in [5.41, 5.74) is 3.25. The van der Waals surface area contributed by atoms with Crippen molar-refractivity contribution >= 4 is 15.9 Å². The van der Waals surface area contributed by atoms with Crippen LogP contribution < -0.4 is 5.32 Å². The number of aromatic nitrogens is 1. The summed E-state index contributed by atoms with van der Waals surface area (Å²) in [7, 11) is 0. The fraction of sp³-hybridized carbons (Fsp3) is 0.353.